The molecule has 0 aromatic heterocycles. The van der Waals surface area contributed by atoms with E-state index in [-0.39, 0.29) is 5.54 Å². The Balaban J connectivity index is 2.38. The second-order valence-corrected chi connectivity index (χ2v) is 4.79. The number of rotatable bonds is 5. The molecule has 14 heavy (non-hydrogen) atoms. The zero-order chi connectivity index (χ0) is 10.4. The van der Waals surface area contributed by atoms with Crippen LogP contribution in [0.5, 0.6) is 0 Å². The molecule has 1 aliphatic carbocycles. The van der Waals surface area contributed by atoms with Gasteiger partial charge in [0, 0.05) is 12.1 Å². The highest BCUT2D eigenvalue weighted by molar-refractivity contribution is 4.89. The topological polar surface area (TPSA) is 29.3 Å². The Labute approximate surface area is 88.8 Å². The lowest BCUT2D eigenvalue weighted by molar-refractivity contribution is 0.178. The average Bonchev–Trinajstić information content (AvgIpc) is 2.18. The highest BCUT2D eigenvalue weighted by Gasteiger charge is 2.28. The van der Waals surface area contributed by atoms with Crippen molar-refractivity contribution in [3.63, 3.8) is 0 Å². The van der Waals surface area contributed by atoms with E-state index in [4.69, 9.17) is 5.73 Å². The molecule has 0 aromatic carbocycles. The molecule has 2 heteroatoms. The van der Waals surface area contributed by atoms with Crippen molar-refractivity contribution >= 4 is 0 Å². The normalized spacial score (nSPS) is 21.4. The van der Waals surface area contributed by atoms with Crippen LogP contribution in [0, 0.1) is 0 Å². The summed E-state index contributed by atoms with van der Waals surface area (Å²) in [7, 11) is 0. The predicted molar refractivity (Wildman–Crippen MR) is 62.4 cm³/mol. The second kappa shape index (κ2) is 5.72. The van der Waals surface area contributed by atoms with Crippen LogP contribution in [0.3, 0.4) is 0 Å². The van der Waals surface area contributed by atoms with E-state index < -0.39 is 0 Å². The summed E-state index contributed by atoms with van der Waals surface area (Å²) in [5.41, 5.74) is 6.55. The van der Waals surface area contributed by atoms with Crippen molar-refractivity contribution in [2.75, 3.05) is 19.6 Å². The molecule has 0 atom stereocenters. The average molecular weight is 198 g/mol. The van der Waals surface area contributed by atoms with Gasteiger partial charge in [-0.1, -0.05) is 33.1 Å². The molecule has 0 saturated heterocycles. The maximum Gasteiger partial charge on any atom is 0.0283 e. The third-order valence-corrected chi connectivity index (χ3v) is 3.37. The zero-order valence-corrected chi connectivity index (χ0v) is 9.89. The lowest BCUT2D eigenvalue weighted by Crippen LogP contribution is -2.51. The van der Waals surface area contributed by atoms with Crippen LogP contribution in [0.4, 0.5) is 0 Å². The van der Waals surface area contributed by atoms with Crippen molar-refractivity contribution in [2.24, 2.45) is 5.73 Å². The summed E-state index contributed by atoms with van der Waals surface area (Å²) in [6.45, 7) is 7.94. The minimum Gasteiger partial charge on any atom is -0.324 e. The Morgan fingerprint density at radius 3 is 2.29 bits per heavy atom. The largest absolute Gasteiger partial charge is 0.324 e. The van der Waals surface area contributed by atoms with Crippen LogP contribution in [-0.4, -0.2) is 30.1 Å². The lowest BCUT2D eigenvalue weighted by Gasteiger charge is -2.37. The molecule has 1 fully saturated rings. The van der Waals surface area contributed by atoms with Gasteiger partial charge in [-0.25, -0.2) is 0 Å². The lowest BCUT2D eigenvalue weighted by atomic mass is 9.82. The quantitative estimate of drug-likeness (QED) is 0.735. The number of likely N-dealkylation sites (N-methyl/N-ethyl adjacent to an activating group) is 1. The summed E-state index contributed by atoms with van der Waals surface area (Å²) in [4.78, 5) is 2.51. The van der Waals surface area contributed by atoms with Crippen LogP contribution < -0.4 is 5.73 Å². The molecular formula is C12H26N2. The smallest absolute Gasteiger partial charge is 0.0283 e. The fraction of sp³-hybridized carbons (Fsp3) is 1.00. The molecule has 1 aliphatic rings. The van der Waals surface area contributed by atoms with Gasteiger partial charge in [0.25, 0.3) is 0 Å². The summed E-state index contributed by atoms with van der Waals surface area (Å²) in [5.74, 6) is 0. The SMILES string of the molecule is CCCN(CC)CC1(N)CCCCC1. The van der Waals surface area contributed by atoms with E-state index in [2.05, 4.69) is 18.7 Å². The van der Waals surface area contributed by atoms with Crippen LogP contribution in [0.15, 0.2) is 0 Å². The molecule has 0 aromatic rings. The summed E-state index contributed by atoms with van der Waals surface area (Å²) < 4.78 is 0. The van der Waals surface area contributed by atoms with E-state index in [1.807, 2.05) is 0 Å². The molecule has 0 bridgehead atoms. The van der Waals surface area contributed by atoms with Crippen molar-refractivity contribution in [1.29, 1.82) is 0 Å². The first-order valence-corrected chi connectivity index (χ1v) is 6.21. The molecule has 0 spiro atoms. The maximum atomic E-state index is 6.42. The van der Waals surface area contributed by atoms with Gasteiger partial charge in [0.1, 0.15) is 0 Å². The Morgan fingerprint density at radius 1 is 1.14 bits per heavy atom. The third kappa shape index (κ3) is 3.58. The number of nitrogens with two attached hydrogens (primary N) is 1. The van der Waals surface area contributed by atoms with Gasteiger partial charge >= 0.3 is 0 Å². The fourth-order valence-electron chi connectivity index (χ4n) is 2.52. The van der Waals surface area contributed by atoms with Crippen molar-refractivity contribution in [3.05, 3.63) is 0 Å². The second-order valence-electron chi connectivity index (χ2n) is 4.79. The summed E-state index contributed by atoms with van der Waals surface area (Å²) in [6.07, 6.45) is 7.75. The molecule has 1 saturated carbocycles. The summed E-state index contributed by atoms with van der Waals surface area (Å²) >= 11 is 0. The summed E-state index contributed by atoms with van der Waals surface area (Å²) in [5, 5.41) is 0. The van der Waals surface area contributed by atoms with Crippen LogP contribution in [0.1, 0.15) is 52.4 Å². The van der Waals surface area contributed by atoms with Gasteiger partial charge in [-0.15, -0.1) is 0 Å². The maximum absolute atomic E-state index is 6.42. The van der Waals surface area contributed by atoms with E-state index in [0.29, 0.717) is 0 Å². The van der Waals surface area contributed by atoms with Gasteiger partial charge in [0.2, 0.25) is 0 Å². The molecule has 1 rings (SSSR count). The van der Waals surface area contributed by atoms with Gasteiger partial charge in [-0.2, -0.15) is 0 Å². The van der Waals surface area contributed by atoms with Gasteiger partial charge in [0.15, 0.2) is 0 Å². The third-order valence-electron chi connectivity index (χ3n) is 3.37. The van der Waals surface area contributed by atoms with E-state index >= 15 is 0 Å². The zero-order valence-electron chi connectivity index (χ0n) is 9.89. The Bertz CT molecular complexity index is 150. The van der Waals surface area contributed by atoms with Gasteiger partial charge in [-0.05, 0) is 32.4 Å². The molecular weight excluding hydrogens is 172 g/mol. The highest BCUT2D eigenvalue weighted by atomic mass is 15.1. The molecule has 0 amide bonds. The van der Waals surface area contributed by atoms with Gasteiger partial charge in [0.05, 0.1) is 0 Å². The van der Waals surface area contributed by atoms with Crippen molar-refractivity contribution in [3.8, 4) is 0 Å². The molecule has 2 N–H and O–H groups in total. The van der Waals surface area contributed by atoms with Crippen LogP contribution >= 0.6 is 0 Å². The molecule has 0 radical (unpaired) electrons. The minimum absolute atomic E-state index is 0.128. The number of hydrogen-bond acceptors (Lipinski definition) is 2. The van der Waals surface area contributed by atoms with Crippen LogP contribution in [0.25, 0.3) is 0 Å². The van der Waals surface area contributed by atoms with Crippen molar-refractivity contribution < 1.29 is 0 Å². The first-order chi connectivity index (χ1) is 6.70. The Hall–Kier alpha value is -0.0800. The molecule has 0 heterocycles. The van der Waals surface area contributed by atoms with E-state index in [9.17, 15) is 0 Å². The molecule has 84 valence electrons. The van der Waals surface area contributed by atoms with Crippen LogP contribution in [0.2, 0.25) is 0 Å². The molecule has 0 aliphatic heterocycles. The predicted octanol–water partition coefficient (Wildman–Crippen LogP) is 2.38. The first-order valence-electron chi connectivity index (χ1n) is 6.21. The van der Waals surface area contributed by atoms with E-state index in [1.165, 1.54) is 45.1 Å². The van der Waals surface area contributed by atoms with E-state index in [1.54, 1.807) is 0 Å². The van der Waals surface area contributed by atoms with Gasteiger partial charge in [-0.3, -0.25) is 0 Å². The molecule has 0 unspecified atom stereocenters. The summed E-state index contributed by atoms with van der Waals surface area (Å²) in [6, 6.07) is 0. The standard InChI is InChI=1S/C12H26N2/c1-3-10-14(4-2)11-12(13)8-6-5-7-9-12/h3-11,13H2,1-2H3. The monoisotopic (exact) mass is 198 g/mol. The van der Waals surface area contributed by atoms with Crippen molar-refractivity contribution in [1.82, 2.24) is 4.90 Å². The van der Waals surface area contributed by atoms with Crippen LogP contribution in [-0.2, 0) is 0 Å². The fourth-order valence-corrected chi connectivity index (χ4v) is 2.52. The van der Waals surface area contributed by atoms with Crippen molar-refractivity contribution in [2.45, 2.75) is 57.9 Å². The Morgan fingerprint density at radius 2 is 1.79 bits per heavy atom. The van der Waals surface area contributed by atoms with E-state index in [0.717, 1.165) is 13.1 Å². The molecule has 2 nitrogen and oxygen atoms in total. The number of nitrogens with zero attached hydrogens (tertiary/aromatic N) is 1. The highest BCUT2D eigenvalue weighted by Crippen LogP contribution is 2.26. The first kappa shape index (κ1) is 12.0. The minimum atomic E-state index is 0.128. The Kier molecular flexibility index (Phi) is 4.90. The number of hydrogen-bond donors (Lipinski definition) is 1. The van der Waals surface area contributed by atoms with Gasteiger partial charge < -0.3 is 10.6 Å².